The number of thiophene rings is 1. The predicted molar refractivity (Wildman–Crippen MR) is 67.2 cm³/mol. The fourth-order valence-electron chi connectivity index (χ4n) is 1.28. The van der Waals surface area contributed by atoms with Gasteiger partial charge in [0.25, 0.3) is 0 Å². The molecule has 0 saturated carbocycles. The second-order valence-electron chi connectivity index (χ2n) is 3.54. The number of carbonyl (C=O) groups is 2. The summed E-state index contributed by atoms with van der Waals surface area (Å²) in [6.45, 7) is 1.95. The molecule has 1 heterocycles. The van der Waals surface area contributed by atoms with Crippen LogP contribution in [0.2, 0.25) is 0 Å². The number of hydrogen-bond acceptors (Lipinski definition) is 3. The lowest BCUT2D eigenvalue weighted by Crippen LogP contribution is -1.98. The monoisotopic (exact) mass is 304 g/mol. The van der Waals surface area contributed by atoms with Gasteiger partial charge in [0.15, 0.2) is 5.78 Å². The highest BCUT2D eigenvalue weighted by Gasteiger charge is 2.11. The number of aryl methyl sites for hydroxylation is 1. The second kappa shape index (κ2) is 6.15. The molecule has 88 valence electrons. The minimum atomic E-state index is -0.804. The van der Waals surface area contributed by atoms with Gasteiger partial charge in [-0.3, -0.25) is 9.59 Å². The number of unbranched alkanes of at least 4 members (excludes halogenated alkanes) is 1. The third kappa shape index (κ3) is 4.06. The zero-order valence-electron chi connectivity index (χ0n) is 8.96. The van der Waals surface area contributed by atoms with Crippen LogP contribution in [0.3, 0.4) is 0 Å². The van der Waals surface area contributed by atoms with E-state index in [-0.39, 0.29) is 12.2 Å². The molecule has 0 saturated heterocycles. The van der Waals surface area contributed by atoms with Crippen LogP contribution in [-0.2, 0) is 4.79 Å². The molecule has 0 unspecified atom stereocenters. The maximum atomic E-state index is 11.7. The van der Waals surface area contributed by atoms with Gasteiger partial charge in [0, 0.05) is 22.2 Å². The van der Waals surface area contributed by atoms with Crippen molar-refractivity contribution < 1.29 is 14.7 Å². The Balaban J connectivity index is 2.38. The molecular weight excluding hydrogens is 292 g/mol. The molecule has 0 spiro atoms. The molecule has 0 fully saturated rings. The highest BCUT2D eigenvalue weighted by molar-refractivity contribution is 9.10. The van der Waals surface area contributed by atoms with Gasteiger partial charge in [0.05, 0.1) is 4.88 Å². The first-order valence-corrected chi connectivity index (χ1v) is 6.62. The third-order valence-corrected chi connectivity index (χ3v) is 4.35. The topological polar surface area (TPSA) is 54.4 Å². The summed E-state index contributed by atoms with van der Waals surface area (Å²) >= 11 is 4.84. The Bertz CT molecular complexity index is 378. The van der Waals surface area contributed by atoms with Crippen molar-refractivity contribution in [1.29, 1.82) is 0 Å². The number of rotatable bonds is 6. The van der Waals surface area contributed by atoms with Crippen LogP contribution < -0.4 is 0 Å². The van der Waals surface area contributed by atoms with E-state index in [2.05, 4.69) is 15.9 Å². The van der Waals surface area contributed by atoms with Gasteiger partial charge >= 0.3 is 5.97 Å². The van der Waals surface area contributed by atoms with Gasteiger partial charge in [-0.2, -0.15) is 0 Å². The Labute approximate surface area is 107 Å². The molecule has 0 bridgehead atoms. The molecule has 5 heteroatoms. The van der Waals surface area contributed by atoms with E-state index in [9.17, 15) is 9.59 Å². The Morgan fingerprint density at radius 1 is 1.38 bits per heavy atom. The lowest BCUT2D eigenvalue weighted by Gasteiger charge is -1.96. The fraction of sp³-hybridized carbons (Fsp3) is 0.455. The summed E-state index contributed by atoms with van der Waals surface area (Å²) in [5.41, 5.74) is 0. The maximum Gasteiger partial charge on any atom is 0.303 e. The summed E-state index contributed by atoms with van der Waals surface area (Å²) in [5.74, 6) is -0.702. The average molecular weight is 305 g/mol. The highest BCUT2D eigenvalue weighted by atomic mass is 79.9. The highest BCUT2D eigenvalue weighted by Crippen LogP contribution is 2.27. The maximum absolute atomic E-state index is 11.7. The third-order valence-electron chi connectivity index (χ3n) is 2.18. The number of aliphatic carboxylic acids is 1. The number of hydrogen-bond donors (Lipinski definition) is 1. The van der Waals surface area contributed by atoms with Crippen LogP contribution in [0.1, 0.15) is 40.2 Å². The van der Waals surface area contributed by atoms with E-state index in [0.29, 0.717) is 19.3 Å². The molecule has 16 heavy (non-hydrogen) atoms. The van der Waals surface area contributed by atoms with Crippen LogP contribution in [0.4, 0.5) is 0 Å². The normalized spacial score (nSPS) is 10.4. The first-order chi connectivity index (χ1) is 7.50. The van der Waals surface area contributed by atoms with Gasteiger partial charge in [-0.25, -0.2) is 0 Å². The van der Waals surface area contributed by atoms with Crippen molar-refractivity contribution in [3.8, 4) is 0 Å². The largest absolute Gasteiger partial charge is 0.481 e. The summed E-state index contributed by atoms with van der Waals surface area (Å²) in [5, 5.41) is 8.45. The predicted octanol–water partition coefficient (Wildman–Crippen LogP) is 3.65. The van der Waals surface area contributed by atoms with Crippen molar-refractivity contribution in [3.05, 3.63) is 20.3 Å². The van der Waals surface area contributed by atoms with Gasteiger partial charge < -0.3 is 5.11 Å². The van der Waals surface area contributed by atoms with E-state index in [1.165, 1.54) is 11.3 Å². The van der Waals surface area contributed by atoms with Crippen molar-refractivity contribution in [2.45, 2.75) is 32.6 Å². The van der Waals surface area contributed by atoms with E-state index >= 15 is 0 Å². The molecule has 0 atom stereocenters. The number of carbonyl (C=O) groups excluding carboxylic acids is 1. The van der Waals surface area contributed by atoms with Gasteiger partial charge in [0.2, 0.25) is 0 Å². The minimum absolute atomic E-state index is 0.101. The number of ketones is 1. The standard InChI is InChI=1S/C11H13BrO3S/c1-7-8(12)6-10(16-7)9(13)4-2-3-5-11(14)15/h6H,2-5H2,1H3,(H,14,15). The molecular formula is C11H13BrO3S. The van der Waals surface area contributed by atoms with Crippen LogP contribution in [0, 0.1) is 6.92 Å². The summed E-state index contributed by atoms with van der Waals surface area (Å²) in [7, 11) is 0. The van der Waals surface area contributed by atoms with Crippen molar-refractivity contribution in [3.63, 3.8) is 0 Å². The van der Waals surface area contributed by atoms with Crippen molar-refractivity contribution in [1.82, 2.24) is 0 Å². The minimum Gasteiger partial charge on any atom is -0.481 e. The summed E-state index contributed by atoms with van der Waals surface area (Å²) in [4.78, 5) is 23.8. The molecule has 1 rings (SSSR count). The van der Waals surface area contributed by atoms with Crippen LogP contribution in [0.25, 0.3) is 0 Å². The molecule has 0 radical (unpaired) electrons. The quantitative estimate of drug-likeness (QED) is 0.645. The van der Waals surface area contributed by atoms with Crippen molar-refractivity contribution >= 4 is 39.0 Å². The van der Waals surface area contributed by atoms with Crippen LogP contribution in [0.15, 0.2) is 10.5 Å². The molecule has 0 aliphatic heterocycles. The molecule has 0 aliphatic rings. The SMILES string of the molecule is Cc1sc(C(=O)CCCCC(=O)O)cc1Br. The molecule has 1 aromatic rings. The molecule has 1 N–H and O–H groups in total. The van der Waals surface area contributed by atoms with Gasteiger partial charge in [-0.15, -0.1) is 11.3 Å². The van der Waals surface area contributed by atoms with Crippen molar-refractivity contribution in [2.24, 2.45) is 0 Å². The fourth-order valence-corrected chi connectivity index (χ4v) is 2.78. The number of carboxylic acids is 1. The number of Topliss-reactive ketones (excluding diaryl/α,β-unsaturated/α-hetero) is 1. The molecule has 0 aliphatic carbocycles. The Morgan fingerprint density at radius 2 is 2.00 bits per heavy atom. The summed E-state index contributed by atoms with van der Waals surface area (Å²) in [6.07, 6.45) is 1.77. The Hall–Kier alpha value is -0.680. The van der Waals surface area contributed by atoms with E-state index in [0.717, 1.165) is 14.2 Å². The molecule has 3 nitrogen and oxygen atoms in total. The lowest BCUT2D eigenvalue weighted by molar-refractivity contribution is -0.137. The first-order valence-electron chi connectivity index (χ1n) is 5.01. The zero-order valence-corrected chi connectivity index (χ0v) is 11.4. The lowest BCUT2D eigenvalue weighted by atomic mass is 10.1. The van der Waals surface area contributed by atoms with Crippen LogP contribution in [-0.4, -0.2) is 16.9 Å². The Kier molecular flexibility index (Phi) is 5.15. The second-order valence-corrected chi connectivity index (χ2v) is 5.65. The zero-order chi connectivity index (χ0) is 12.1. The van der Waals surface area contributed by atoms with Gasteiger partial charge in [0.1, 0.15) is 0 Å². The molecule has 0 amide bonds. The van der Waals surface area contributed by atoms with E-state index in [4.69, 9.17) is 5.11 Å². The van der Waals surface area contributed by atoms with Crippen LogP contribution >= 0.6 is 27.3 Å². The van der Waals surface area contributed by atoms with Gasteiger partial charge in [-0.1, -0.05) is 0 Å². The van der Waals surface area contributed by atoms with Gasteiger partial charge in [-0.05, 0) is 41.8 Å². The molecule has 1 aromatic heterocycles. The van der Waals surface area contributed by atoms with E-state index in [1.807, 2.05) is 13.0 Å². The first kappa shape index (κ1) is 13.4. The average Bonchev–Trinajstić information content (AvgIpc) is 2.54. The van der Waals surface area contributed by atoms with E-state index < -0.39 is 5.97 Å². The van der Waals surface area contributed by atoms with Crippen molar-refractivity contribution in [2.75, 3.05) is 0 Å². The number of carboxylic acid groups (broad SMARTS) is 1. The smallest absolute Gasteiger partial charge is 0.303 e. The Morgan fingerprint density at radius 3 is 2.50 bits per heavy atom. The van der Waals surface area contributed by atoms with Crippen LogP contribution in [0.5, 0.6) is 0 Å². The van der Waals surface area contributed by atoms with E-state index in [1.54, 1.807) is 0 Å². The summed E-state index contributed by atoms with van der Waals surface area (Å²) in [6, 6.07) is 1.83. The molecule has 0 aromatic carbocycles. The summed E-state index contributed by atoms with van der Waals surface area (Å²) < 4.78 is 0.964. The number of halogens is 1.